The van der Waals surface area contributed by atoms with Gasteiger partial charge in [0.05, 0.1) is 12.1 Å². The number of ether oxygens (including phenoxy) is 1. The minimum atomic E-state index is -0.169. The smallest absolute Gasteiger partial charge is 0.315 e. The van der Waals surface area contributed by atoms with Crippen LogP contribution in [-0.2, 0) is 11.3 Å². The van der Waals surface area contributed by atoms with Gasteiger partial charge < -0.3 is 15.4 Å². The molecule has 2 rings (SSSR count). The van der Waals surface area contributed by atoms with Crippen molar-refractivity contribution in [1.29, 1.82) is 0 Å². The van der Waals surface area contributed by atoms with E-state index in [4.69, 9.17) is 16.3 Å². The molecule has 0 unspecified atom stereocenters. The lowest BCUT2D eigenvalue weighted by atomic mass is 10.1. The van der Waals surface area contributed by atoms with Crippen molar-refractivity contribution in [2.45, 2.75) is 38.5 Å². The first kappa shape index (κ1) is 14.2. The van der Waals surface area contributed by atoms with Crippen LogP contribution in [0.25, 0.3) is 0 Å². The molecule has 1 aliphatic heterocycles. The van der Waals surface area contributed by atoms with Crippen LogP contribution < -0.4 is 10.6 Å². The van der Waals surface area contributed by atoms with Crippen molar-refractivity contribution in [1.82, 2.24) is 10.6 Å². The summed E-state index contributed by atoms with van der Waals surface area (Å²) in [7, 11) is 0. The first-order valence-electron chi connectivity index (χ1n) is 6.55. The first-order valence-corrected chi connectivity index (χ1v) is 6.93. The second kappa shape index (κ2) is 6.78. The van der Waals surface area contributed by atoms with E-state index in [0.29, 0.717) is 11.6 Å². The molecule has 1 aliphatic rings. The van der Waals surface area contributed by atoms with Gasteiger partial charge in [-0.1, -0.05) is 23.7 Å². The Morgan fingerprint density at radius 3 is 2.84 bits per heavy atom. The number of halogens is 1. The van der Waals surface area contributed by atoms with Crippen molar-refractivity contribution < 1.29 is 9.53 Å². The lowest BCUT2D eigenvalue weighted by Gasteiger charge is -2.20. The van der Waals surface area contributed by atoms with Crippen molar-refractivity contribution in [3.8, 4) is 0 Å². The number of amides is 2. The Labute approximate surface area is 118 Å². The monoisotopic (exact) mass is 282 g/mol. The fourth-order valence-electron chi connectivity index (χ4n) is 2.13. The van der Waals surface area contributed by atoms with Crippen LogP contribution in [0.4, 0.5) is 4.79 Å². The number of benzene rings is 1. The van der Waals surface area contributed by atoms with Crippen LogP contribution in [0.3, 0.4) is 0 Å². The molecular formula is C14H19ClN2O2. The Morgan fingerprint density at radius 2 is 2.21 bits per heavy atom. The number of carbonyl (C=O) groups excluding carboxylic acids is 1. The molecule has 2 amide bonds. The number of rotatable bonds is 4. The van der Waals surface area contributed by atoms with Gasteiger partial charge in [-0.25, -0.2) is 4.79 Å². The summed E-state index contributed by atoms with van der Waals surface area (Å²) in [5.74, 6) is 0. The fraction of sp³-hybridized carbons (Fsp3) is 0.500. The molecule has 0 spiro atoms. The van der Waals surface area contributed by atoms with E-state index in [1.165, 1.54) is 0 Å². The molecule has 2 atom stereocenters. The first-order chi connectivity index (χ1) is 9.15. The van der Waals surface area contributed by atoms with Gasteiger partial charge in [0.15, 0.2) is 0 Å². The van der Waals surface area contributed by atoms with Gasteiger partial charge in [-0.15, -0.1) is 0 Å². The summed E-state index contributed by atoms with van der Waals surface area (Å²) in [5, 5.41) is 6.42. The SMILES string of the molecule is C[C@@H](NC(=O)NCc1ccc(Cl)cc1)[C@@H]1CCCO1. The third-order valence-electron chi connectivity index (χ3n) is 3.25. The molecule has 0 radical (unpaired) electrons. The fourth-order valence-corrected chi connectivity index (χ4v) is 2.26. The zero-order valence-corrected chi connectivity index (χ0v) is 11.7. The highest BCUT2D eigenvalue weighted by Crippen LogP contribution is 2.15. The van der Waals surface area contributed by atoms with E-state index in [9.17, 15) is 4.79 Å². The molecule has 5 heteroatoms. The number of hydrogen-bond acceptors (Lipinski definition) is 2. The second-order valence-corrected chi connectivity index (χ2v) is 5.23. The van der Waals surface area contributed by atoms with E-state index in [2.05, 4.69) is 10.6 Å². The molecule has 0 bridgehead atoms. The van der Waals surface area contributed by atoms with E-state index in [0.717, 1.165) is 25.0 Å². The summed E-state index contributed by atoms with van der Waals surface area (Å²) >= 11 is 5.80. The van der Waals surface area contributed by atoms with Crippen molar-refractivity contribution in [3.05, 3.63) is 34.9 Å². The van der Waals surface area contributed by atoms with Gasteiger partial charge in [-0.3, -0.25) is 0 Å². The molecule has 0 aliphatic carbocycles. The highest BCUT2D eigenvalue weighted by molar-refractivity contribution is 6.30. The number of carbonyl (C=O) groups is 1. The molecule has 1 fully saturated rings. The average molecular weight is 283 g/mol. The van der Waals surface area contributed by atoms with E-state index >= 15 is 0 Å². The Bertz CT molecular complexity index is 416. The summed E-state index contributed by atoms with van der Waals surface area (Å²) in [6.07, 6.45) is 2.23. The molecule has 2 N–H and O–H groups in total. The highest BCUT2D eigenvalue weighted by Gasteiger charge is 2.23. The third-order valence-corrected chi connectivity index (χ3v) is 3.50. The van der Waals surface area contributed by atoms with Crippen molar-refractivity contribution in [2.24, 2.45) is 0 Å². The second-order valence-electron chi connectivity index (χ2n) is 4.79. The number of urea groups is 1. The molecular weight excluding hydrogens is 264 g/mol. The predicted octanol–water partition coefficient (Wildman–Crippen LogP) is 2.71. The molecule has 0 saturated carbocycles. The van der Waals surface area contributed by atoms with E-state index in [1.807, 2.05) is 31.2 Å². The zero-order valence-electron chi connectivity index (χ0n) is 11.0. The van der Waals surface area contributed by atoms with Crippen LogP contribution in [0.15, 0.2) is 24.3 Å². The Balaban J connectivity index is 1.73. The predicted molar refractivity (Wildman–Crippen MR) is 75.3 cm³/mol. The standard InChI is InChI=1S/C14H19ClN2O2/c1-10(13-3-2-8-19-13)17-14(18)16-9-11-4-6-12(15)7-5-11/h4-7,10,13H,2-3,8-9H2,1H3,(H2,16,17,18)/t10-,13+/m1/s1. The van der Waals surface area contributed by atoms with E-state index in [-0.39, 0.29) is 18.2 Å². The molecule has 1 aromatic rings. The maximum atomic E-state index is 11.7. The quantitative estimate of drug-likeness (QED) is 0.892. The maximum Gasteiger partial charge on any atom is 0.315 e. The summed E-state index contributed by atoms with van der Waals surface area (Å²) in [6.45, 7) is 3.25. The van der Waals surface area contributed by atoms with Gasteiger partial charge in [0.2, 0.25) is 0 Å². The Morgan fingerprint density at radius 1 is 1.47 bits per heavy atom. The number of hydrogen-bond donors (Lipinski definition) is 2. The average Bonchev–Trinajstić information content (AvgIpc) is 2.92. The topological polar surface area (TPSA) is 50.4 Å². The summed E-state index contributed by atoms with van der Waals surface area (Å²) in [5.41, 5.74) is 1.02. The van der Waals surface area contributed by atoms with Crippen LogP contribution in [0, 0.1) is 0 Å². The third kappa shape index (κ3) is 4.40. The van der Waals surface area contributed by atoms with Gasteiger partial charge in [0, 0.05) is 18.2 Å². The normalized spacial score (nSPS) is 20.0. The minimum Gasteiger partial charge on any atom is -0.376 e. The number of nitrogens with one attached hydrogen (secondary N) is 2. The van der Waals surface area contributed by atoms with Crippen LogP contribution in [0.2, 0.25) is 5.02 Å². The van der Waals surface area contributed by atoms with Gasteiger partial charge in [-0.05, 0) is 37.5 Å². The van der Waals surface area contributed by atoms with E-state index in [1.54, 1.807) is 0 Å². The van der Waals surface area contributed by atoms with Crippen LogP contribution >= 0.6 is 11.6 Å². The highest BCUT2D eigenvalue weighted by atomic mass is 35.5. The van der Waals surface area contributed by atoms with Crippen LogP contribution in [0.1, 0.15) is 25.3 Å². The molecule has 19 heavy (non-hydrogen) atoms. The lowest BCUT2D eigenvalue weighted by Crippen LogP contribution is -2.45. The van der Waals surface area contributed by atoms with Crippen LogP contribution in [-0.4, -0.2) is 24.8 Å². The van der Waals surface area contributed by atoms with Gasteiger partial charge in [0.25, 0.3) is 0 Å². The van der Waals surface area contributed by atoms with Crippen molar-refractivity contribution in [2.75, 3.05) is 6.61 Å². The lowest BCUT2D eigenvalue weighted by molar-refractivity contribution is 0.0860. The Hall–Kier alpha value is -1.26. The maximum absolute atomic E-state index is 11.7. The van der Waals surface area contributed by atoms with Gasteiger partial charge in [-0.2, -0.15) is 0 Å². The van der Waals surface area contributed by atoms with Crippen molar-refractivity contribution in [3.63, 3.8) is 0 Å². The van der Waals surface area contributed by atoms with Gasteiger partial charge >= 0.3 is 6.03 Å². The van der Waals surface area contributed by atoms with E-state index < -0.39 is 0 Å². The summed E-state index contributed by atoms with van der Waals surface area (Å²) < 4.78 is 5.53. The summed E-state index contributed by atoms with van der Waals surface area (Å²) in [6, 6.07) is 7.28. The molecule has 1 aromatic carbocycles. The minimum absolute atomic E-state index is 0.0349. The molecule has 104 valence electrons. The largest absolute Gasteiger partial charge is 0.376 e. The molecule has 4 nitrogen and oxygen atoms in total. The molecule has 1 saturated heterocycles. The Kier molecular flexibility index (Phi) is 5.05. The summed E-state index contributed by atoms with van der Waals surface area (Å²) in [4.78, 5) is 11.7. The van der Waals surface area contributed by atoms with Crippen molar-refractivity contribution >= 4 is 17.6 Å². The molecule has 0 aromatic heterocycles. The molecule has 1 heterocycles. The van der Waals surface area contributed by atoms with Crippen LogP contribution in [0.5, 0.6) is 0 Å². The van der Waals surface area contributed by atoms with Gasteiger partial charge in [0.1, 0.15) is 0 Å². The zero-order chi connectivity index (χ0) is 13.7.